The number of aromatic nitrogens is 3. The molecule has 35 heavy (non-hydrogen) atoms. The van der Waals surface area contributed by atoms with Gasteiger partial charge in [0.05, 0.1) is 22.6 Å². The van der Waals surface area contributed by atoms with Crippen LogP contribution in [0.2, 0.25) is 0 Å². The molecule has 11 heteroatoms. The van der Waals surface area contributed by atoms with Crippen LogP contribution in [0.5, 0.6) is 11.5 Å². The molecule has 0 aliphatic rings. The number of alkyl halides is 1. The molecule has 2 aromatic carbocycles. The van der Waals surface area contributed by atoms with E-state index in [4.69, 9.17) is 21.1 Å². The van der Waals surface area contributed by atoms with Gasteiger partial charge in [-0.05, 0) is 80.6 Å². The van der Waals surface area contributed by atoms with Crippen LogP contribution in [0.15, 0.2) is 42.5 Å². The molecule has 0 aliphatic heterocycles. The number of halogens is 3. The first-order valence-corrected chi connectivity index (χ1v) is 13.6. The van der Waals surface area contributed by atoms with Gasteiger partial charge in [-0.3, -0.25) is 0 Å². The molecule has 0 bridgehead atoms. The maximum atomic E-state index is 10.3. The van der Waals surface area contributed by atoms with Crippen LogP contribution < -0.4 is 9.47 Å². The minimum Gasteiger partial charge on any atom is -0.491 e. The fourth-order valence-corrected chi connectivity index (χ4v) is 4.70. The van der Waals surface area contributed by atoms with Crippen LogP contribution in [0, 0.1) is 7.27 Å². The van der Waals surface area contributed by atoms with Crippen molar-refractivity contribution in [3.05, 3.63) is 66.6 Å². The molecule has 0 unspecified atom stereocenters. The molecule has 0 fully saturated rings. The van der Waals surface area contributed by atoms with Gasteiger partial charge in [-0.1, -0.05) is 37.3 Å². The van der Waals surface area contributed by atoms with Gasteiger partial charge in [0.15, 0.2) is 0 Å². The van der Waals surface area contributed by atoms with E-state index in [1.165, 1.54) is 0 Å². The summed E-state index contributed by atoms with van der Waals surface area (Å²) < 4.78 is 14.6. The Morgan fingerprint density at radius 2 is 1.71 bits per heavy atom. The summed E-state index contributed by atoms with van der Waals surface area (Å²) in [5.41, 5.74) is 2.46. The summed E-state index contributed by atoms with van der Waals surface area (Å²) in [6.45, 7) is 4.58. The number of hydrogen-bond donors (Lipinski definition) is 3. The molecule has 0 radical (unpaired) electrons. The maximum absolute atomic E-state index is 10.3. The van der Waals surface area contributed by atoms with E-state index in [2.05, 4.69) is 52.8 Å². The summed E-state index contributed by atoms with van der Waals surface area (Å²) in [6.07, 6.45) is -1.47. The third kappa shape index (κ3) is 7.41. The Hall–Kier alpha value is -1.19. The van der Waals surface area contributed by atoms with Gasteiger partial charge in [-0.15, -0.1) is 16.7 Å². The number of aliphatic hydroxyl groups excluding tert-OH is 3. The SMILES string of the molecule is CC(C)(c1ccc(OC[C@H](O)Cn2nnc(CO)c2I)cc1)c1ccc(OC[C@@H](O)CCl)c([123I])c1. The number of hydrogen-bond acceptors (Lipinski definition) is 7. The summed E-state index contributed by atoms with van der Waals surface area (Å²) >= 11 is 9.91. The first-order chi connectivity index (χ1) is 16.6. The van der Waals surface area contributed by atoms with E-state index in [9.17, 15) is 15.3 Å². The summed E-state index contributed by atoms with van der Waals surface area (Å²) in [5, 5.41) is 37.0. The molecule has 0 spiro atoms. The first kappa shape index (κ1) is 28.4. The molecule has 0 saturated carbocycles. The normalized spacial score (nSPS) is 13.5. The van der Waals surface area contributed by atoms with Gasteiger partial charge >= 0.3 is 0 Å². The quantitative estimate of drug-likeness (QED) is 0.193. The van der Waals surface area contributed by atoms with Crippen LogP contribution in [0.1, 0.15) is 30.7 Å². The van der Waals surface area contributed by atoms with E-state index in [1.54, 1.807) is 4.68 Å². The molecule has 0 amide bonds. The molecule has 0 aliphatic carbocycles. The highest BCUT2D eigenvalue weighted by Gasteiger charge is 2.24. The van der Waals surface area contributed by atoms with Crippen LogP contribution in [-0.2, 0) is 18.6 Å². The van der Waals surface area contributed by atoms with Gasteiger partial charge in [0.1, 0.15) is 46.3 Å². The van der Waals surface area contributed by atoms with Gasteiger partial charge in [-0.25, -0.2) is 4.68 Å². The van der Waals surface area contributed by atoms with E-state index in [0.29, 0.717) is 20.9 Å². The maximum Gasteiger partial charge on any atom is 0.132 e. The largest absolute Gasteiger partial charge is 0.491 e. The monoisotopic (exact) mass is 723 g/mol. The first-order valence-electron chi connectivity index (χ1n) is 10.9. The van der Waals surface area contributed by atoms with E-state index in [-0.39, 0.29) is 37.7 Å². The van der Waals surface area contributed by atoms with Crippen molar-refractivity contribution < 1.29 is 24.8 Å². The smallest absolute Gasteiger partial charge is 0.132 e. The molecule has 8 nitrogen and oxygen atoms in total. The van der Waals surface area contributed by atoms with Crippen LogP contribution in [0.25, 0.3) is 0 Å². The van der Waals surface area contributed by atoms with Crippen molar-refractivity contribution in [2.45, 2.75) is 44.6 Å². The fourth-order valence-electron chi connectivity index (χ4n) is 3.37. The topological polar surface area (TPSA) is 110 Å². The Bertz CT molecular complexity index is 1110. The van der Waals surface area contributed by atoms with Crippen LogP contribution in [-0.4, -0.2) is 61.6 Å². The molecule has 3 aromatic rings. The van der Waals surface area contributed by atoms with Crippen LogP contribution in [0.3, 0.4) is 0 Å². The van der Waals surface area contributed by atoms with Gasteiger partial charge in [0.2, 0.25) is 0 Å². The molecular formula is C24H28ClI2N3O5. The molecular weight excluding hydrogens is 696 g/mol. The lowest BCUT2D eigenvalue weighted by atomic mass is 9.78. The average molecular weight is 724 g/mol. The summed E-state index contributed by atoms with van der Waals surface area (Å²) in [6, 6.07) is 13.8. The summed E-state index contributed by atoms with van der Waals surface area (Å²) in [4.78, 5) is 0. The van der Waals surface area contributed by atoms with E-state index in [1.807, 2.05) is 59.0 Å². The van der Waals surface area contributed by atoms with E-state index >= 15 is 0 Å². The summed E-state index contributed by atoms with van der Waals surface area (Å²) in [5.74, 6) is 1.50. The van der Waals surface area contributed by atoms with Crippen LogP contribution >= 0.6 is 56.8 Å². The Kier molecular flexibility index (Phi) is 10.4. The highest BCUT2D eigenvalue weighted by molar-refractivity contribution is 14.1. The van der Waals surface area contributed by atoms with Crippen molar-refractivity contribution in [1.29, 1.82) is 0 Å². The number of nitrogens with zero attached hydrogens (tertiary/aromatic N) is 3. The standard InChI is InChI=1S/C24H28ClI2N3O5/c1-24(2,16-5-8-22(20(26)9-16)35-13-17(32)10-25)15-3-6-19(7-4-15)34-14-18(33)11-30-23(27)21(12-31)28-29-30/h3-9,17-18,31-33H,10-14H2,1-2H3/t17-,18+/m0/s1/i26-4. The average Bonchev–Trinajstić information content (AvgIpc) is 3.20. The van der Waals surface area contributed by atoms with Gasteiger partial charge in [-0.2, -0.15) is 0 Å². The fraction of sp³-hybridized carbons (Fsp3) is 0.417. The predicted molar refractivity (Wildman–Crippen MR) is 150 cm³/mol. The highest BCUT2D eigenvalue weighted by atomic mass is 127. The zero-order chi connectivity index (χ0) is 25.6. The zero-order valence-corrected chi connectivity index (χ0v) is 24.4. The third-order valence-corrected chi connectivity index (χ3v) is 7.93. The molecule has 2 atom stereocenters. The molecule has 3 rings (SSSR count). The van der Waals surface area contributed by atoms with Crippen molar-refractivity contribution in [1.82, 2.24) is 15.0 Å². The minimum absolute atomic E-state index is 0.102. The molecule has 190 valence electrons. The molecule has 3 N–H and O–H groups in total. The predicted octanol–water partition coefficient (Wildman–Crippen LogP) is 3.72. The lowest BCUT2D eigenvalue weighted by Gasteiger charge is -2.27. The van der Waals surface area contributed by atoms with Gasteiger partial charge < -0.3 is 24.8 Å². The van der Waals surface area contributed by atoms with Crippen molar-refractivity contribution in [2.75, 3.05) is 19.1 Å². The number of aliphatic hydroxyl groups is 3. The van der Waals surface area contributed by atoms with Gasteiger partial charge in [0, 0.05) is 5.41 Å². The minimum atomic E-state index is -0.777. The Balaban J connectivity index is 1.60. The summed E-state index contributed by atoms with van der Waals surface area (Å²) in [7, 11) is 0. The Morgan fingerprint density at radius 1 is 1.06 bits per heavy atom. The Labute approximate surface area is 236 Å². The lowest BCUT2D eigenvalue weighted by molar-refractivity contribution is 0.0881. The van der Waals surface area contributed by atoms with Crippen molar-refractivity contribution in [3.63, 3.8) is 0 Å². The van der Waals surface area contributed by atoms with Crippen molar-refractivity contribution in [3.8, 4) is 11.5 Å². The zero-order valence-electron chi connectivity index (χ0n) is 19.4. The lowest BCUT2D eigenvalue weighted by Crippen LogP contribution is -2.25. The number of rotatable bonds is 12. The molecule has 1 aromatic heterocycles. The second kappa shape index (κ2) is 12.9. The second-order valence-corrected chi connectivity index (χ2v) is 11.0. The van der Waals surface area contributed by atoms with E-state index in [0.717, 1.165) is 14.7 Å². The number of benzene rings is 2. The van der Waals surface area contributed by atoms with Gasteiger partial charge in [0.25, 0.3) is 0 Å². The molecule has 0 saturated heterocycles. The highest BCUT2D eigenvalue weighted by Crippen LogP contribution is 2.35. The molecule has 1 heterocycles. The van der Waals surface area contributed by atoms with Crippen LogP contribution in [0.4, 0.5) is 0 Å². The van der Waals surface area contributed by atoms with Crippen molar-refractivity contribution in [2.24, 2.45) is 0 Å². The number of ether oxygens (including phenoxy) is 2. The van der Waals surface area contributed by atoms with Crippen molar-refractivity contribution >= 4 is 56.8 Å². The van der Waals surface area contributed by atoms with E-state index < -0.39 is 12.2 Å². The second-order valence-electron chi connectivity index (χ2n) is 8.55. The Morgan fingerprint density at radius 3 is 2.31 bits per heavy atom. The third-order valence-electron chi connectivity index (χ3n) is 5.55.